The molecular formula is C38H74N2O5. The van der Waals surface area contributed by atoms with Crippen molar-refractivity contribution in [2.45, 2.75) is 207 Å². The lowest BCUT2D eigenvalue weighted by molar-refractivity contribution is -0.151. The van der Waals surface area contributed by atoms with Gasteiger partial charge in [0, 0.05) is 19.4 Å². The Balaban J connectivity index is 4.04. The molecule has 0 aromatic carbocycles. The van der Waals surface area contributed by atoms with Crippen molar-refractivity contribution < 1.29 is 19.1 Å². The summed E-state index contributed by atoms with van der Waals surface area (Å²) in [5.41, 5.74) is 0. The molecule has 45 heavy (non-hydrogen) atoms. The number of nitroso groups, excluding NO2 is 1. The first-order valence-corrected chi connectivity index (χ1v) is 19.4. The molecule has 0 fully saturated rings. The van der Waals surface area contributed by atoms with Gasteiger partial charge in [0.05, 0.1) is 6.54 Å². The van der Waals surface area contributed by atoms with Crippen LogP contribution in [0.15, 0.2) is 5.18 Å². The smallest absolute Gasteiger partial charge is 0.306 e. The number of esters is 2. The molecule has 0 rings (SSSR count). The van der Waals surface area contributed by atoms with Crippen LogP contribution >= 0.6 is 0 Å². The minimum Gasteiger partial charge on any atom is -0.462 e. The Labute approximate surface area is 278 Å². The average Bonchev–Trinajstić information content (AvgIpc) is 3.03. The minimum atomic E-state index is -0.0195. The molecule has 266 valence electrons. The topological polar surface area (TPSA) is 85.3 Å². The standard InChI is InChI=1S/C38H74N2O5/c1-5-9-19-27-35(25-11-7-3)44-37(41)29-21-15-13-17-23-32-40(34-31-39-43)33-24-18-14-16-22-30-38(42)45-36(26-12-8-4)28-20-10-6-2/h35-36H,5-34H2,1-4H3. The molecule has 2 atom stereocenters. The van der Waals surface area contributed by atoms with Crippen LogP contribution in [-0.4, -0.2) is 55.2 Å². The van der Waals surface area contributed by atoms with E-state index in [1.807, 2.05) is 0 Å². The molecule has 2 unspecified atom stereocenters. The first-order valence-electron chi connectivity index (χ1n) is 19.4. The van der Waals surface area contributed by atoms with Gasteiger partial charge in [0.15, 0.2) is 0 Å². The van der Waals surface area contributed by atoms with Gasteiger partial charge in [0.25, 0.3) is 0 Å². The van der Waals surface area contributed by atoms with Gasteiger partial charge in [0.2, 0.25) is 0 Å². The lowest BCUT2D eigenvalue weighted by atomic mass is 10.1. The van der Waals surface area contributed by atoms with E-state index in [4.69, 9.17) is 9.47 Å². The molecule has 0 aromatic rings. The zero-order valence-corrected chi connectivity index (χ0v) is 30.3. The second kappa shape index (κ2) is 33.9. The summed E-state index contributed by atoms with van der Waals surface area (Å²) in [4.78, 5) is 37.8. The Morgan fingerprint density at radius 3 is 1.27 bits per heavy atom. The van der Waals surface area contributed by atoms with E-state index >= 15 is 0 Å². The van der Waals surface area contributed by atoms with Crippen LogP contribution in [0.25, 0.3) is 0 Å². The summed E-state index contributed by atoms with van der Waals surface area (Å²) in [6.45, 7) is 11.9. The molecule has 0 saturated heterocycles. The zero-order chi connectivity index (χ0) is 33.2. The molecule has 0 aliphatic heterocycles. The van der Waals surface area contributed by atoms with Crippen LogP contribution in [-0.2, 0) is 19.1 Å². The van der Waals surface area contributed by atoms with Gasteiger partial charge in [-0.2, -0.15) is 4.91 Å². The zero-order valence-electron chi connectivity index (χ0n) is 30.3. The van der Waals surface area contributed by atoms with Gasteiger partial charge in [-0.3, -0.25) is 9.59 Å². The maximum Gasteiger partial charge on any atom is 0.306 e. The van der Waals surface area contributed by atoms with Crippen LogP contribution < -0.4 is 0 Å². The molecule has 0 aliphatic rings. The summed E-state index contributed by atoms with van der Waals surface area (Å²) in [6, 6.07) is 0. The molecule has 0 N–H and O–H groups in total. The van der Waals surface area contributed by atoms with E-state index in [1.54, 1.807) is 0 Å². The summed E-state index contributed by atoms with van der Waals surface area (Å²) in [7, 11) is 0. The fourth-order valence-corrected chi connectivity index (χ4v) is 5.91. The molecule has 7 nitrogen and oxygen atoms in total. The van der Waals surface area contributed by atoms with Crippen LogP contribution in [0.2, 0.25) is 0 Å². The second-order valence-electron chi connectivity index (χ2n) is 13.2. The van der Waals surface area contributed by atoms with Gasteiger partial charge >= 0.3 is 11.9 Å². The number of unbranched alkanes of at least 4 members (excludes halogenated alkanes) is 14. The van der Waals surface area contributed by atoms with Crippen molar-refractivity contribution in [2.24, 2.45) is 5.18 Å². The Morgan fingerprint density at radius 1 is 0.489 bits per heavy atom. The Kier molecular flexibility index (Phi) is 32.7. The lowest BCUT2D eigenvalue weighted by Gasteiger charge is -2.21. The van der Waals surface area contributed by atoms with Gasteiger partial charge in [0.1, 0.15) is 12.2 Å². The van der Waals surface area contributed by atoms with E-state index in [0.29, 0.717) is 19.4 Å². The fourth-order valence-electron chi connectivity index (χ4n) is 5.91. The molecule has 0 bridgehead atoms. The van der Waals surface area contributed by atoms with Crippen LogP contribution in [0, 0.1) is 4.91 Å². The minimum absolute atomic E-state index is 0.0195. The largest absolute Gasteiger partial charge is 0.462 e. The number of hydrogen-bond acceptors (Lipinski definition) is 7. The van der Waals surface area contributed by atoms with Crippen LogP contribution in [0.4, 0.5) is 0 Å². The van der Waals surface area contributed by atoms with Crippen molar-refractivity contribution in [1.82, 2.24) is 4.90 Å². The van der Waals surface area contributed by atoms with E-state index in [2.05, 4.69) is 37.8 Å². The van der Waals surface area contributed by atoms with Gasteiger partial charge in [-0.25, -0.2) is 0 Å². The van der Waals surface area contributed by atoms with Crippen LogP contribution in [0.5, 0.6) is 0 Å². The predicted octanol–water partition coefficient (Wildman–Crippen LogP) is 11.1. The molecule has 0 amide bonds. The lowest BCUT2D eigenvalue weighted by Crippen LogP contribution is -2.28. The highest BCUT2D eigenvalue weighted by Crippen LogP contribution is 2.17. The van der Waals surface area contributed by atoms with Gasteiger partial charge < -0.3 is 14.4 Å². The molecule has 0 saturated carbocycles. The summed E-state index contributed by atoms with van der Waals surface area (Å²) >= 11 is 0. The molecule has 0 radical (unpaired) electrons. The van der Waals surface area contributed by atoms with Crippen molar-refractivity contribution >= 4 is 11.9 Å². The number of rotatable bonds is 35. The summed E-state index contributed by atoms with van der Waals surface area (Å²) in [6.07, 6.45) is 27.6. The fraction of sp³-hybridized carbons (Fsp3) is 0.947. The van der Waals surface area contributed by atoms with E-state index in [0.717, 1.165) is 148 Å². The maximum absolute atomic E-state index is 12.4. The maximum atomic E-state index is 12.4. The Bertz CT molecular complexity index is 625. The summed E-state index contributed by atoms with van der Waals surface area (Å²) in [5.74, 6) is -0.0390. The van der Waals surface area contributed by atoms with Crippen LogP contribution in [0.1, 0.15) is 195 Å². The van der Waals surface area contributed by atoms with Gasteiger partial charge in [-0.05, 0) is 77.3 Å². The molecule has 0 heterocycles. The second-order valence-corrected chi connectivity index (χ2v) is 13.2. The third-order valence-electron chi connectivity index (χ3n) is 8.83. The molecule has 0 spiro atoms. The number of carbonyl (C=O) groups is 2. The first-order chi connectivity index (χ1) is 22.0. The monoisotopic (exact) mass is 639 g/mol. The average molecular weight is 639 g/mol. The predicted molar refractivity (Wildman–Crippen MR) is 190 cm³/mol. The third kappa shape index (κ3) is 29.6. The van der Waals surface area contributed by atoms with Crippen molar-refractivity contribution in [3.05, 3.63) is 4.91 Å². The number of carbonyl (C=O) groups excluding carboxylic acids is 2. The molecule has 0 aliphatic carbocycles. The van der Waals surface area contributed by atoms with Gasteiger partial charge in [-0.15, -0.1) is 0 Å². The van der Waals surface area contributed by atoms with E-state index < -0.39 is 0 Å². The van der Waals surface area contributed by atoms with Crippen molar-refractivity contribution in [1.29, 1.82) is 0 Å². The molecular weight excluding hydrogens is 564 g/mol. The summed E-state index contributed by atoms with van der Waals surface area (Å²) < 4.78 is 11.6. The Hall–Kier alpha value is -1.50. The van der Waals surface area contributed by atoms with E-state index in [-0.39, 0.29) is 24.1 Å². The normalized spacial score (nSPS) is 12.7. The molecule has 0 aromatic heterocycles. The molecule has 7 heteroatoms. The number of ether oxygens (including phenoxy) is 2. The summed E-state index contributed by atoms with van der Waals surface area (Å²) in [5, 5.41) is 3.08. The Morgan fingerprint density at radius 2 is 0.867 bits per heavy atom. The van der Waals surface area contributed by atoms with Crippen molar-refractivity contribution in [3.8, 4) is 0 Å². The van der Waals surface area contributed by atoms with E-state index in [1.165, 1.54) is 25.7 Å². The van der Waals surface area contributed by atoms with E-state index in [9.17, 15) is 14.5 Å². The quantitative estimate of drug-likeness (QED) is 0.0390. The SMILES string of the molecule is CCCCCC(CCCC)OC(=O)CCCCCCCN(CCCCCCCC(=O)OC(CCCC)CCCCC)CCN=O. The highest BCUT2D eigenvalue weighted by Gasteiger charge is 2.15. The highest BCUT2D eigenvalue weighted by molar-refractivity contribution is 5.69. The first kappa shape index (κ1) is 43.5. The third-order valence-corrected chi connectivity index (χ3v) is 8.83. The van der Waals surface area contributed by atoms with Crippen LogP contribution in [0.3, 0.4) is 0 Å². The van der Waals surface area contributed by atoms with Crippen molar-refractivity contribution in [2.75, 3.05) is 26.2 Å². The number of hydrogen-bond donors (Lipinski definition) is 0. The highest BCUT2D eigenvalue weighted by atomic mass is 16.5. The van der Waals surface area contributed by atoms with Crippen molar-refractivity contribution in [3.63, 3.8) is 0 Å². The number of nitrogens with zero attached hydrogens (tertiary/aromatic N) is 2. The van der Waals surface area contributed by atoms with Gasteiger partial charge in [-0.1, -0.05) is 123 Å².